The van der Waals surface area contributed by atoms with Gasteiger partial charge < -0.3 is 5.32 Å². The van der Waals surface area contributed by atoms with Crippen molar-refractivity contribution in [1.82, 2.24) is 10.3 Å². The number of pyridine rings is 1. The van der Waals surface area contributed by atoms with E-state index in [2.05, 4.69) is 66.6 Å². The Kier molecular flexibility index (Phi) is 5.10. The molecule has 2 unspecified atom stereocenters. The molecule has 1 aromatic carbocycles. The minimum atomic E-state index is 0.369. The van der Waals surface area contributed by atoms with Crippen molar-refractivity contribution < 1.29 is 0 Å². The van der Waals surface area contributed by atoms with Crippen molar-refractivity contribution in [1.29, 1.82) is 0 Å². The van der Waals surface area contributed by atoms with Gasteiger partial charge in [0.1, 0.15) is 0 Å². The number of aryl methyl sites for hydroxylation is 1. The highest BCUT2D eigenvalue weighted by atomic mass is 14.9. The second-order valence-corrected chi connectivity index (χ2v) is 5.09. The van der Waals surface area contributed by atoms with Crippen molar-refractivity contribution >= 4 is 0 Å². The standard InChI is InChI=1S/C17H22N2/c1-14(8-9-16-6-4-3-5-7-16)19-15(2)17-10-12-18-13-11-17/h3-7,10-15,19H,8-9H2,1-2H3. The molecule has 0 aliphatic heterocycles. The molecule has 0 fully saturated rings. The molecule has 1 heterocycles. The van der Waals surface area contributed by atoms with Crippen LogP contribution in [0.1, 0.15) is 37.4 Å². The lowest BCUT2D eigenvalue weighted by atomic mass is 10.0. The third-order valence-electron chi connectivity index (χ3n) is 3.45. The molecular formula is C17H22N2. The molecule has 0 aliphatic rings. The molecule has 1 N–H and O–H groups in total. The highest BCUT2D eigenvalue weighted by molar-refractivity contribution is 5.15. The maximum absolute atomic E-state index is 4.06. The molecule has 2 nitrogen and oxygen atoms in total. The van der Waals surface area contributed by atoms with Gasteiger partial charge in [0.25, 0.3) is 0 Å². The molecule has 2 atom stereocenters. The Labute approximate surface area is 115 Å². The van der Waals surface area contributed by atoms with Crippen LogP contribution in [0.15, 0.2) is 54.9 Å². The van der Waals surface area contributed by atoms with Gasteiger partial charge in [-0.3, -0.25) is 4.98 Å². The zero-order chi connectivity index (χ0) is 13.5. The quantitative estimate of drug-likeness (QED) is 0.849. The van der Waals surface area contributed by atoms with Crippen LogP contribution in [-0.4, -0.2) is 11.0 Å². The molecule has 0 spiro atoms. The molecule has 0 aliphatic carbocycles. The van der Waals surface area contributed by atoms with Crippen molar-refractivity contribution in [3.05, 3.63) is 66.0 Å². The summed E-state index contributed by atoms with van der Waals surface area (Å²) in [6.45, 7) is 4.45. The predicted molar refractivity (Wildman–Crippen MR) is 80.0 cm³/mol. The van der Waals surface area contributed by atoms with Gasteiger partial charge in [0, 0.05) is 24.5 Å². The van der Waals surface area contributed by atoms with E-state index in [0.29, 0.717) is 12.1 Å². The molecule has 2 heteroatoms. The van der Waals surface area contributed by atoms with Crippen LogP contribution in [0.2, 0.25) is 0 Å². The minimum absolute atomic E-state index is 0.369. The van der Waals surface area contributed by atoms with Gasteiger partial charge >= 0.3 is 0 Å². The van der Waals surface area contributed by atoms with E-state index in [4.69, 9.17) is 0 Å². The Morgan fingerprint density at radius 1 is 1.00 bits per heavy atom. The number of hydrogen-bond donors (Lipinski definition) is 1. The van der Waals surface area contributed by atoms with Crippen LogP contribution >= 0.6 is 0 Å². The molecule has 0 saturated heterocycles. The molecule has 1 aromatic heterocycles. The number of hydrogen-bond acceptors (Lipinski definition) is 2. The van der Waals surface area contributed by atoms with Gasteiger partial charge in [-0.15, -0.1) is 0 Å². The molecule has 0 radical (unpaired) electrons. The summed E-state index contributed by atoms with van der Waals surface area (Å²) in [7, 11) is 0. The molecule has 0 saturated carbocycles. The van der Waals surface area contributed by atoms with Crippen molar-refractivity contribution in [2.75, 3.05) is 0 Å². The zero-order valence-electron chi connectivity index (χ0n) is 11.7. The van der Waals surface area contributed by atoms with Gasteiger partial charge in [0.2, 0.25) is 0 Å². The second-order valence-electron chi connectivity index (χ2n) is 5.09. The highest BCUT2D eigenvalue weighted by Crippen LogP contribution is 2.13. The summed E-state index contributed by atoms with van der Waals surface area (Å²) in [5.41, 5.74) is 2.70. The minimum Gasteiger partial charge on any atom is -0.308 e. The Hall–Kier alpha value is -1.67. The third-order valence-corrected chi connectivity index (χ3v) is 3.45. The van der Waals surface area contributed by atoms with Crippen LogP contribution in [0.25, 0.3) is 0 Å². The van der Waals surface area contributed by atoms with Gasteiger partial charge in [0.05, 0.1) is 0 Å². The molecule has 100 valence electrons. The Balaban J connectivity index is 1.80. The molecule has 0 amide bonds. The normalized spacial score (nSPS) is 14.0. The van der Waals surface area contributed by atoms with E-state index >= 15 is 0 Å². The fraction of sp³-hybridized carbons (Fsp3) is 0.353. The Morgan fingerprint density at radius 3 is 2.37 bits per heavy atom. The van der Waals surface area contributed by atoms with E-state index in [-0.39, 0.29) is 0 Å². The lowest BCUT2D eigenvalue weighted by Crippen LogP contribution is -2.29. The highest BCUT2D eigenvalue weighted by Gasteiger charge is 2.09. The average Bonchev–Trinajstić information content (AvgIpc) is 2.47. The van der Waals surface area contributed by atoms with Gasteiger partial charge in [-0.25, -0.2) is 0 Å². The summed E-state index contributed by atoms with van der Waals surface area (Å²) in [5.74, 6) is 0. The predicted octanol–water partition coefficient (Wildman–Crippen LogP) is 3.75. The zero-order valence-corrected chi connectivity index (χ0v) is 11.7. The van der Waals surface area contributed by atoms with Crippen molar-refractivity contribution in [3.8, 4) is 0 Å². The SMILES string of the molecule is CC(CCc1ccccc1)NC(C)c1ccncc1. The van der Waals surface area contributed by atoms with Crippen molar-refractivity contribution in [3.63, 3.8) is 0 Å². The van der Waals surface area contributed by atoms with Gasteiger partial charge in [-0.2, -0.15) is 0 Å². The number of aromatic nitrogens is 1. The van der Waals surface area contributed by atoms with Crippen molar-refractivity contribution in [2.45, 2.75) is 38.8 Å². The topological polar surface area (TPSA) is 24.9 Å². The summed E-state index contributed by atoms with van der Waals surface area (Å²) >= 11 is 0. The molecule has 0 bridgehead atoms. The average molecular weight is 254 g/mol. The fourth-order valence-electron chi connectivity index (χ4n) is 2.29. The second kappa shape index (κ2) is 7.05. The van der Waals surface area contributed by atoms with Gasteiger partial charge in [0.15, 0.2) is 0 Å². The summed E-state index contributed by atoms with van der Waals surface area (Å²) in [5, 5.41) is 3.64. The number of nitrogens with zero attached hydrogens (tertiary/aromatic N) is 1. The van der Waals surface area contributed by atoms with Crippen LogP contribution in [0.5, 0.6) is 0 Å². The van der Waals surface area contributed by atoms with E-state index < -0.39 is 0 Å². The molecule has 2 aromatic rings. The van der Waals surface area contributed by atoms with Gasteiger partial charge in [-0.1, -0.05) is 30.3 Å². The fourth-order valence-corrected chi connectivity index (χ4v) is 2.29. The Bertz CT molecular complexity index is 467. The first-order valence-electron chi connectivity index (χ1n) is 6.95. The maximum Gasteiger partial charge on any atom is 0.0295 e. The first-order chi connectivity index (χ1) is 9.25. The number of nitrogens with one attached hydrogen (secondary N) is 1. The summed E-state index contributed by atoms with van der Waals surface area (Å²) in [6, 6.07) is 15.7. The molecule has 2 rings (SSSR count). The first kappa shape index (κ1) is 13.8. The number of benzene rings is 1. The van der Waals surface area contributed by atoms with Crippen LogP contribution in [0, 0.1) is 0 Å². The molecular weight excluding hydrogens is 232 g/mol. The monoisotopic (exact) mass is 254 g/mol. The molecule has 19 heavy (non-hydrogen) atoms. The van der Waals surface area contributed by atoms with E-state index in [0.717, 1.165) is 12.8 Å². The van der Waals surface area contributed by atoms with Crippen LogP contribution in [0.4, 0.5) is 0 Å². The third kappa shape index (κ3) is 4.49. The van der Waals surface area contributed by atoms with E-state index in [1.165, 1.54) is 11.1 Å². The largest absolute Gasteiger partial charge is 0.308 e. The summed E-state index contributed by atoms with van der Waals surface area (Å²) < 4.78 is 0. The maximum atomic E-state index is 4.06. The summed E-state index contributed by atoms with van der Waals surface area (Å²) in [6.07, 6.45) is 5.97. The first-order valence-corrected chi connectivity index (χ1v) is 6.95. The van der Waals surface area contributed by atoms with Crippen LogP contribution in [0.3, 0.4) is 0 Å². The Morgan fingerprint density at radius 2 is 1.68 bits per heavy atom. The lowest BCUT2D eigenvalue weighted by molar-refractivity contribution is 0.456. The van der Waals surface area contributed by atoms with E-state index in [9.17, 15) is 0 Å². The smallest absolute Gasteiger partial charge is 0.0295 e. The summed E-state index contributed by atoms with van der Waals surface area (Å²) in [4.78, 5) is 4.06. The van der Waals surface area contributed by atoms with E-state index in [1.54, 1.807) is 0 Å². The van der Waals surface area contributed by atoms with Gasteiger partial charge in [-0.05, 0) is 49.9 Å². The van der Waals surface area contributed by atoms with Crippen LogP contribution < -0.4 is 5.32 Å². The van der Waals surface area contributed by atoms with Crippen molar-refractivity contribution in [2.24, 2.45) is 0 Å². The number of rotatable bonds is 6. The van der Waals surface area contributed by atoms with Crippen LogP contribution in [-0.2, 0) is 6.42 Å². The lowest BCUT2D eigenvalue weighted by Gasteiger charge is -2.20. The van der Waals surface area contributed by atoms with E-state index in [1.807, 2.05) is 12.4 Å².